The van der Waals surface area contributed by atoms with E-state index in [1.807, 2.05) is 0 Å². The first-order chi connectivity index (χ1) is 7.97. The quantitative estimate of drug-likeness (QED) is 0.442. The Labute approximate surface area is 109 Å². The van der Waals surface area contributed by atoms with Gasteiger partial charge in [-0.2, -0.15) is 0 Å². The Balaban J connectivity index is 2.85. The van der Waals surface area contributed by atoms with Gasteiger partial charge in [0, 0.05) is 0 Å². The van der Waals surface area contributed by atoms with Crippen LogP contribution in [0.4, 0.5) is 0 Å². The minimum atomic E-state index is -1.37. The fraction of sp³-hybridized carbons (Fsp3) is 0.300. The third-order valence-electron chi connectivity index (χ3n) is 1.91. The standard InChI is InChI=1S/C10H12AsNO4S/c1-3-16-10(15)7(13)11-8-6(9(12)14)5(2)4-17-8/h4,11H,3H2,1-2H3,(H2,12,14). The molecule has 2 N–H and O–H groups in total. The molecule has 0 radical (unpaired) electrons. The van der Waals surface area contributed by atoms with Gasteiger partial charge in [0.15, 0.2) is 0 Å². The molecule has 92 valence electrons. The van der Waals surface area contributed by atoms with E-state index in [4.69, 9.17) is 5.73 Å². The van der Waals surface area contributed by atoms with E-state index in [1.54, 1.807) is 19.2 Å². The molecular weight excluding hydrogens is 305 g/mol. The number of hydrogen-bond donors (Lipinski definition) is 1. The van der Waals surface area contributed by atoms with Crippen LogP contribution in [0.1, 0.15) is 22.8 Å². The van der Waals surface area contributed by atoms with Crippen molar-refractivity contribution in [2.45, 2.75) is 13.8 Å². The summed E-state index contributed by atoms with van der Waals surface area (Å²) in [4.78, 5) is 33.9. The Morgan fingerprint density at radius 3 is 2.65 bits per heavy atom. The van der Waals surface area contributed by atoms with E-state index in [0.29, 0.717) is 9.23 Å². The zero-order chi connectivity index (χ0) is 13.0. The first kappa shape index (κ1) is 13.9. The average molecular weight is 317 g/mol. The zero-order valence-electron chi connectivity index (χ0n) is 9.40. The predicted octanol–water partition coefficient (Wildman–Crippen LogP) is -0.693. The number of amides is 1. The molecule has 0 aliphatic carbocycles. The molecule has 0 saturated heterocycles. The molecule has 0 aromatic carbocycles. The van der Waals surface area contributed by atoms with Crippen LogP contribution in [-0.2, 0) is 14.3 Å². The van der Waals surface area contributed by atoms with E-state index in [1.165, 1.54) is 11.3 Å². The van der Waals surface area contributed by atoms with Gasteiger partial charge in [-0.15, -0.1) is 0 Å². The summed E-state index contributed by atoms with van der Waals surface area (Å²) in [5.41, 5.74) is 6.36. The van der Waals surface area contributed by atoms with Gasteiger partial charge in [0.25, 0.3) is 0 Å². The van der Waals surface area contributed by atoms with E-state index in [-0.39, 0.29) is 6.61 Å². The molecule has 5 nitrogen and oxygen atoms in total. The van der Waals surface area contributed by atoms with Crippen molar-refractivity contribution in [3.8, 4) is 0 Å². The number of esters is 1. The number of aryl methyl sites for hydroxylation is 1. The van der Waals surface area contributed by atoms with Crippen LogP contribution in [0.5, 0.6) is 0 Å². The Hall–Kier alpha value is -1.13. The van der Waals surface area contributed by atoms with Crippen molar-refractivity contribution in [2.24, 2.45) is 5.73 Å². The molecule has 1 heterocycles. The maximum atomic E-state index is 11.5. The number of rotatable bonds is 5. The first-order valence-electron chi connectivity index (χ1n) is 4.83. The predicted molar refractivity (Wildman–Crippen MR) is 66.0 cm³/mol. The minimum absolute atomic E-state index is 0.170. The van der Waals surface area contributed by atoms with E-state index in [9.17, 15) is 14.4 Å². The molecule has 0 bridgehead atoms. The molecule has 1 rings (SSSR count). The van der Waals surface area contributed by atoms with Crippen molar-refractivity contribution in [1.29, 1.82) is 0 Å². The van der Waals surface area contributed by atoms with Crippen molar-refractivity contribution in [3.05, 3.63) is 16.5 Å². The van der Waals surface area contributed by atoms with Gasteiger partial charge in [0.2, 0.25) is 0 Å². The summed E-state index contributed by atoms with van der Waals surface area (Å²) in [7, 11) is 0. The van der Waals surface area contributed by atoms with Crippen molar-refractivity contribution in [1.82, 2.24) is 0 Å². The van der Waals surface area contributed by atoms with Gasteiger partial charge in [-0.25, -0.2) is 0 Å². The molecule has 0 fully saturated rings. The van der Waals surface area contributed by atoms with Crippen molar-refractivity contribution in [2.75, 3.05) is 6.61 Å². The topological polar surface area (TPSA) is 86.5 Å². The van der Waals surface area contributed by atoms with Gasteiger partial charge >= 0.3 is 109 Å². The van der Waals surface area contributed by atoms with Gasteiger partial charge in [-0.05, 0) is 0 Å². The molecule has 0 aliphatic rings. The third kappa shape index (κ3) is 3.41. The van der Waals surface area contributed by atoms with Gasteiger partial charge in [-0.3, -0.25) is 0 Å². The number of carbonyl (C=O) groups is 3. The first-order valence-corrected chi connectivity index (χ1v) is 7.81. The van der Waals surface area contributed by atoms with Crippen molar-refractivity contribution in [3.63, 3.8) is 0 Å². The summed E-state index contributed by atoms with van der Waals surface area (Å²) in [6.45, 7) is 3.55. The monoisotopic (exact) mass is 317 g/mol. The molecular formula is C10H12AsNO4S. The summed E-state index contributed by atoms with van der Waals surface area (Å²) >= 11 is -0.0712. The zero-order valence-corrected chi connectivity index (χ0v) is 12.3. The van der Waals surface area contributed by atoms with Crippen LogP contribution in [0.25, 0.3) is 0 Å². The van der Waals surface area contributed by atoms with Crippen LogP contribution >= 0.6 is 11.3 Å². The molecule has 0 aliphatic heterocycles. The number of nitrogens with two attached hydrogens (primary N) is 1. The summed E-state index contributed by atoms with van der Waals surface area (Å²) in [6, 6.07) is 0. The third-order valence-corrected chi connectivity index (χ3v) is 6.00. The number of carbonyl (C=O) groups excluding carboxylic acids is 3. The number of thiophene rings is 1. The average Bonchev–Trinajstić information content (AvgIpc) is 2.60. The van der Waals surface area contributed by atoms with Crippen molar-refractivity contribution < 1.29 is 19.1 Å². The van der Waals surface area contributed by atoms with E-state index in [2.05, 4.69) is 4.74 Å². The molecule has 1 atom stereocenters. The summed E-state index contributed by atoms with van der Waals surface area (Å²) in [5, 5.41) is 1.76. The van der Waals surface area contributed by atoms with Crippen LogP contribution in [0.2, 0.25) is 0 Å². The van der Waals surface area contributed by atoms with Crippen molar-refractivity contribution >= 4 is 47.2 Å². The molecule has 17 heavy (non-hydrogen) atoms. The van der Waals surface area contributed by atoms with Crippen LogP contribution in [0.15, 0.2) is 5.38 Å². The van der Waals surface area contributed by atoms with Gasteiger partial charge in [0.05, 0.1) is 0 Å². The Morgan fingerprint density at radius 2 is 2.12 bits per heavy atom. The number of hydrogen-bond acceptors (Lipinski definition) is 5. The molecule has 7 heteroatoms. The normalized spacial score (nSPS) is 10.7. The summed E-state index contributed by atoms with van der Waals surface area (Å²) in [6.07, 6.45) is 0. The SMILES string of the molecule is CCOC(=O)C(=O)[AsH]c1scc(C)c1C(N)=O. The summed E-state index contributed by atoms with van der Waals surface area (Å²) < 4.78 is 4.70. The van der Waals surface area contributed by atoms with Crippen LogP contribution in [-0.4, -0.2) is 38.8 Å². The fourth-order valence-electron chi connectivity index (χ4n) is 1.19. The second kappa shape index (κ2) is 5.98. The number of ether oxygens (including phenoxy) is 1. The molecule has 0 spiro atoms. The van der Waals surface area contributed by atoms with E-state index >= 15 is 0 Å². The Kier molecular flexibility index (Phi) is 4.90. The second-order valence-electron chi connectivity index (χ2n) is 3.16. The van der Waals surface area contributed by atoms with E-state index in [0.717, 1.165) is 5.56 Å². The van der Waals surface area contributed by atoms with Crippen LogP contribution in [0, 0.1) is 6.92 Å². The van der Waals surface area contributed by atoms with Gasteiger partial charge in [-0.1, -0.05) is 0 Å². The van der Waals surface area contributed by atoms with Gasteiger partial charge in [0.1, 0.15) is 0 Å². The fourth-order valence-corrected chi connectivity index (χ4v) is 5.00. The van der Waals surface area contributed by atoms with Gasteiger partial charge < -0.3 is 0 Å². The molecule has 1 aromatic rings. The summed E-state index contributed by atoms with van der Waals surface area (Å²) in [5.74, 6) is -1.38. The molecule has 1 aromatic heterocycles. The second-order valence-corrected chi connectivity index (χ2v) is 7.33. The Bertz CT molecular complexity index is 469. The molecule has 1 amide bonds. The molecule has 0 saturated carbocycles. The van der Waals surface area contributed by atoms with Crippen LogP contribution < -0.4 is 9.40 Å². The van der Waals surface area contributed by atoms with E-state index < -0.39 is 32.2 Å². The Morgan fingerprint density at radius 1 is 1.47 bits per heavy atom. The van der Waals surface area contributed by atoms with Crippen LogP contribution in [0.3, 0.4) is 0 Å². The molecule has 1 unspecified atom stereocenters. The maximum absolute atomic E-state index is 11.5. The number of primary amides is 1.